The first-order valence-corrected chi connectivity index (χ1v) is 5.89. The molecule has 0 aliphatic heterocycles. The number of benzene rings is 1. The molecule has 2 nitrogen and oxygen atoms in total. The van der Waals surface area contributed by atoms with Gasteiger partial charge in [-0.2, -0.15) is 0 Å². The van der Waals surface area contributed by atoms with Gasteiger partial charge in [0.05, 0.1) is 0 Å². The molecule has 0 saturated heterocycles. The largest absolute Gasteiger partial charge is 0.489 e. The van der Waals surface area contributed by atoms with Gasteiger partial charge in [0.2, 0.25) is 0 Å². The fourth-order valence-electron chi connectivity index (χ4n) is 1.33. The maximum absolute atomic E-state index is 6.14. The van der Waals surface area contributed by atoms with Gasteiger partial charge in [0.15, 0.2) is 0 Å². The van der Waals surface area contributed by atoms with E-state index in [4.69, 9.17) is 16.3 Å². The van der Waals surface area contributed by atoms with E-state index in [0.717, 1.165) is 29.4 Å². The van der Waals surface area contributed by atoms with E-state index < -0.39 is 0 Å². The Bertz CT molecular complexity index is 350. The summed E-state index contributed by atoms with van der Waals surface area (Å²) in [6, 6.07) is 5.74. The standard InChI is InChI=1S/C13H18ClNO/c1-3-5-9-16-13-8-6-7-12(14)11(13)10-15-4-2/h3,5-8,15H,4,9-10H2,1-2H3/b5-3+. The topological polar surface area (TPSA) is 21.3 Å². The van der Waals surface area contributed by atoms with E-state index >= 15 is 0 Å². The predicted molar refractivity (Wildman–Crippen MR) is 69.1 cm³/mol. The summed E-state index contributed by atoms with van der Waals surface area (Å²) < 4.78 is 5.64. The van der Waals surface area contributed by atoms with Crippen LogP contribution in [0.2, 0.25) is 5.02 Å². The molecule has 0 fully saturated rings. The molecule has 0 aliphatic carbocycles. The van der Waals surface area contributed by atoms with Crippen LogP contribution in [0.1, 0.15) is 19.4 Å². The minimum atomic E-state index is 0.579. The van der Waals surface area contributed by atoms with Gasteiger partial charge < -0.3 is 10.1 Å². The quantitative estimate of drug-likeness (QED) is 0.769. The second-order valence-corrected chi connectivity index (χ2v) is 3.78. The van der Waals surface area contributed by atoms with Crippen molar-refractivity contribution in [3.63, 3.8) is 0 Å². The molecule has 1 aromatic carbocycles. The Morgan fingerprint density at radius 1 is 1.44 bits per heavy atom. The van der Waals surface area contributed by atoms with Gasteiger partial charge in [-0.1, -0.05) is 36.7 Å². The van der Waals surface area contributed by atoms with Crippen molar-refractivity contribution < 1.29 is 4.74 Å². The molecule has 0 aromatic heterocycles. The first-order valence-electron chi connectivity index (χ1n) is 5.51. The van der Waals surface area contributed by atoms with Gasteiger partial charge in [0.1, 0.15) is 12.4 Å². The Morgan fingerprint density at radius 2 is 2.25 bits per heavy atom. The molecule has 0 amide bonds. The summed E-state index contributed by atoms with van der Waals surface area (Å²) >= 11 is 6.14. The number of halogens is 1. The molecule has 3 heteroatoms. The Hall–Kier alpha value is -0.990. The molecular weight excluding hydrogens is 222 g/mol. The second-order valence-electron chi connectivity index (χ2n) is 3.38. The highest BCUT2D eigenvalue weighted by atomic mass is 35.5. The Labute approximate surface area is 102 Å². The van der Waals surface area contributed by atoms with Crippen molar-refractivity contribution in [2.24, 2.45) is 0 Å². The van der Waals surface area contributed by atoms with Gasteiger partial charge in [-0.3, -0.25) is 0 Å². The highest BCUT2D eigenvalue weighted by molar-refractivity contribution is 6.31. The first-order chi connectivity index (χ1) is 7.79. The molecule has 0 bridgehead atoms. The lowest BCUT2D eigenvalue weighted by molar-refractivity contribution is 0.357. The van der Waals surface area contributed by atoms with Crippen LogP contribution in [0.4, 0.5) is 0 Å². The lowest BCUT2D eigenvalue weighted by atomic mass is 10.2. The van der Waals surface area contributed by atoms with Crippen LogP contribution >= 0.6 is 11.6 Å². The van der Waals surface area contributed by atoms with Crippen molar-refractivity contribution >= 4 is 11.6 Å². The van der Waals surface area contributed by atoms with Gasteiger partial charge in [-0.15, -0.1) is 0 Å². The van der Waals surface area contributed by atoms with Crippen LogP contribution in [0.15, 0.2) is 30.4 Å². The van der Waals surface area contributed by atoms with Gasteiger partial charge in [0, 0.05) is 17.1 Å². The fraction of sp³-hybridized carbons (Fsp3) is 0.385. The zero-order chi connectivity index (χ0) is 11.8. The normalized spacial score (nSPS) is 10.9. The second kappa shape index (κ2) is 7.31. The highest BCUT2D eigenvalue weighted by Gasteiger charge is 2.06. The molecule has 0 aliphatic rings. The Morgan fingerprint density at radius 3 is 2.94 bits per heavy atom. The molecule has 1 rings (SSSR count). The number of hydrogen-bond acceptors (Lipinski definition) is 2. The summed E-state index contributed by atoms with van der Waals surface area (Å²) in [5.41, 5.74) is 1.02. The van der Waals surface area contributed by atoms with Crippen LogP contribution in [0.3, 0.4) is 0 Å². The van der Waals surface area contributed by atoms with Crippen molar-refractivity contribution in [2.75, 3.05) is 13.2 Å². The summed E-state index contributed by atoms with van der Waals surface area (Å²) in [7, 11) is 0. The van der Waals surface area contributed by atoms with Crippen molar-refractivity contribution in [2.45, 2.75) is 20.4 Å². The van der Waals surface area contributed by atoms with E-state index in [1.807, 2.05) is 37.3 Å². The van der Waals surface area contributed by atoms with Crippen LogP contribution < -0.4 is 10.1 Å². The van der Waals surface area contributed by atoms with E-state index in [1.54, 1.807) is 0 Å². The molecule has 1 N–H and O–H groups in total. The third kappa shape index (κ3) is 3.87. The van der Waals surface area contributed by atoms with E-state index in [1.165, 1.54) is 0 Å². The zero-order valence-corrected chi connectivity index (χ0v) is 10.6. The molecule has 0 unspecified atom stereocenters. The van der Waals surface area contributed by atoms with Gasteiger partial charge >= 0.3 is 0 Å². The SMILES string of the molecule is C/C=C/COc1cccc(Cl)c1CNCC. The van der Waals surface area contributed by atoms with Crippen molar-refractivity contribution in [3.8, 4) is 5.75 Å². The Kier molecular flexibility index (Phi) is 5.98. The average Bonchev–Trinajstić information content (AvgIpc) is 2.28. The molecule has 1 aromatic rings. The number of nitrogens with one attached hydrogen (secondary N) is 1. The monoisotopic (exact) mass is 239 g/mol. The third-order valence-corrected chi connectivity index (χ3v) is 2.55. The van der Waals surface area contributed by atoms with Crippen molar-refractivity contribution in [1.29, 1.82) is 0 Å². The summed E-state index contributed by atoms with van der Waals surface area (Å²) in [5.74, 6) is 0.853. The van der Waals surface area contributed by atoms with Crippen molar-refractivity contribution in [3.05, 3.63) is 40.9 Å². The van der Waals surface area contributed by atoms with Gasteiger partial charge in [0.25, 0.3) is 0 Å². The molecule has 88 valence electrons. The summed E-state index contributed by atoms with van der Waals surface area (Å²) in [6.07, 6.45) is 3.94. The number of allylic oxidation sites excluding steroid dienone is 1. The molecule has 16 heavy (non-hydrogen) atoms. The van der Waals surface area contributed by atoms with Crippen LogP contribution in [0.5, 0.6) is 5.75 Å². The van der Waals surface area contributed by atoms with Crippen LogP contribution in [0, 0.1) is 0 Å². The van der Waals surface area contributed by atoms with E-state index in [0.29, 0.717) is 6.61 Å². The zero-order valence-electron chi connectivity index (χ0n) is 9.79. The minimum Gasteiger partial charge on any atom is -0.489 e. The molecule has 0 radical (unpaired) electrons. The molecule has 0 spiro atoms. The van der Waals surface area contributed by atoms with Gasteiger partial charge in [-0.25, -0.2) is 0 Å². The first kappa shape index (κ1) is 13.1. The predicted octanol–water partition coefficient (Wildman–Crippen LogP) is 3.40. The number of rotatable bonds is 6. The maximum atomic E-state index is 6.14. The van der Waals surface area contributed by atoms with E-state index in [2.05, 4.69) is 12.2 Å². The van der Waals surface area contributed by atoms with Crippen LogP contribution in [-0.2, 0) is 6.54 Å². The fourth-order valence-corrected chi connectivity index (χ4v) is 1.56. The van der Waals surface area contributed by atoms with Crippen LogP contribution in [0.25, 0.3) is 0 Å². The average molecular weight is 240 g/mol. The number of ether oxygens (including phenoxy) is 1. The lowest BCUT2D eigenvalue weighted by Crippen LogP contribution is -2.13. The highest BCUT2D eigenvalue weighted by Crippen LogP contribution is 2.26. The Balaban J connectivity index is 2.76. The summed E-state index contributed by atoms with van der Waals surface area (Å²) in [6.45, 7) is 6.27. The molecule has 0 heterocycles. The van der Waals surface area contributed by atoms with Crippen molar-refractivity contribution in [1.82, 2.24) is 5.32 Å². The van der Waals surface area contributed by atoms with Gasteiger partial charge in [-0.05, 0) is 25.6 Å². The maximum Gasteiger partial charge on any atom is 0.125 e. The summed E-state index contributed by atoms with van der Waals surface area (Å²) in [4.78, 5) is 0. The van der Waals surface area contributed by atoms with E-state index in [9.17, 15) is 0 Å². The molecule has 0 saturated carbocycles. The third-order valence-electron chi connectivity index (χ3n) is 2.20. The molecule has 0 atom stereocenters. The lowest BCUT2D eigenvalue weighted by Gasteiger charge is -2.12. The number of hydrogen-bond donors (Lipinski definition) is 1. The smallest absolute Gasteiger partial charge is 0.125 e. The van der Waals surface area contributed by atoms with Crippen LogP contribution in [-0.4, -0.2) is 13.2 Å². The summed E-state index contributed by atoms with van der Waals surface area (Å²) in [5, 5.41) is 4.00. The van der Waals surface area contributed by atoms with E-state index in [-0.39, 0.29) is 0 Å². The minimum absolute atomic E-state index is 0.579. The molecular formula is C13H18ClNO.